The van der Waals surface area contributed by atoms with E-state index in [1.165, 1.54) is 4.31 Å². The van der Waals surface area contributed by atoms with Crippen LogP contribution < -0.4 is 9.18 Å². The number of fused-ring (bicyclic) bond motifs is 2. The van der Waals surface area contributed by atoms with Gasteiger partial charge in [0.2, 0.25) is 0 Å². The second kappa shape index (κ2) is 6.25. The first-order chi connectivity index (χ1) is 12.4. The number of aryl methyl sites for hydroxylation is 1. The fourth-order valence-electron chi connectivity index (χ4n) is 3.66. The molecule has 0 saturated heterocycles. The number of rotatable bonds is 4. The quantitative estimate of drug-likeness (QED) is 0.686. The second-order valence-corrected chi connectivity index (χ2v) is 9.44. The molecule has 0 N–H and O–H groups in total. The maximum Gasteiger partial charge on any atom is 0.308 e. The third-order valence-electron chi connectivity index (χ3n) is 4.79. The van der Waals surface area contributed by atoms with Gasteiger partial charge in [0.05, 0.1) is 20.8 Å². The molecule has 7 heteroatoms. The molecule has 4 rings (SSSR count). The average Bonchev–Trinajstić information content (AvgIpc) is 3.11. The Balaban J connectivity index is 1.83. The first kappa shape index (κ1) is 17.3. The Morgan fingerprint density at radius 2 is 1.96 bits per heavy atom. The molecule has 3 aromatic rings. The van der Waals surface area contributed by atoms with Crippen molar-refractivity contribution in [2.24, 2.45) is 0 Å². The summed E-state index contributed by atoms with van der Waals surface area (Å²) in [6, 6.07) is 12.5. The van der Waals surface area contributed by atoms with Crippen molar-refractivity contribution in [3.05, 3.63) is 57.7 Å². The molecule has 26 heavy (non-hydrogen) atoms. The van der Waals surface area contributed by atoms with Gasteiger partial charge in [-0.25, -0.2) is 8.42 Å². The van der Waals surface area contributed by atoms with Gasteiger partial charge in [0.25, 0.3) is 10.0 Å². The van der Waals surface area contributed by atoms with Crippen molar-refractivity contribution in [2.75, 3.05) is 4.31 Å². The minimum atomic E-state index is -3.68. The SMILES string of the molecule is CCCn1c(=O)sc2cc(S(=O)(=O)N3c4ccccc4C[C@@H]3C)ccc21. The van der Waals surface area contributed by atoms with Crippen LogP contribution in [0.2, 0.25) is 0 Å². The molecule has 0 saturated carbocycles. The van der Waals surface area contributed by atoms with E-state index in [9.17, 15) is 13.2 Å². The highest BCUT2D eigenvalue weighted by molar-refractivity contribution is 7.93. The number of hydrogen-bond donors (Lipinski definition) is 0. The second-order valence-electron chi connectivity index (χ2n) is 6.63. The molecule has 0 radical (unpaired) electrons. The Hall–Kier alpha value is -2.12. The standard InChI is InChI=1S/C19H20N2O3S2/c1-3-10-20-17-9-8-15(12-18(17)25-19(20)22)26(23,24)21-13(2)11-14-6-4-5-7-16(14)21/h4-9,12-13H,3,10-11H2,1-2H3/t13-/m0/s1. The number of nitrogens with zero attached hydrogens (tertiary/aromatic N) is 2. The first-order valence-corrected chi connectivity index (χ1v) is 10.9. The number of para-hydroxylation sites is 1. The lowest BCUT2D eigenvalue weighted by molar-refractivity contribution is 0.584. The number of hydrogen-bond acceptors (Lipinski definition) is 4. The van der Waals surface area contributed by atoms with E-state index in [1.54, 1.807) is 22.8 Å². The van der Waals surface area contributed by atoms with Gasteiger partial charge >= 0.3 is 4.87 Å². The van der Waals surface area contributed by atoms with E-state index in [2.05, 4.69) is 0 Å². The van der Waals surface area contributed by atoms with E-state index in [4.69, 9.17) is 0 Å². The highest BCUT2D eigenvalue weighted by Gasteiger charge is 2.36. The van der Waals surface area contributed by atoms with Crippen LogP contribution in [0.3, 0.4) is 0 Å². The van der Waals surface area contributed by atoms with Crippen molar-refractivity contribution in [1.29, 1.82) is 0 Å². The van der Waals surface area contributed by atoms with Crippen molar-refractivity contribution < 1.29 is 8.42 Å². The van der Waals surface area contributed by atoms with E-state index in [0.29, 0.717) is 17.7 Å². The van der Waals surface area contributed by atoms with Crippen molar-refractivity contribution >= 4 is 37.3 Å². The van der Waals surface area contributed by atoms with Gasteiger partial charge in [0, 0.05) is 12.6 Å². The van der Waals surface area contributed by atoms with Gasteiger partial charge in [0.1, 0.15) is 0 Å². The van der Waals surface area contributed by atoms with E-state index < -0.39 is 10.0 Å². The maximum absolute atomic E-state index is 13.3. The maximum atomic E-state index is 13.3. The fraction of sp³-hybridized carbons (Fsp3) is 0.316. The summed E-state index contributed by atoms with van der Waals surface area (Å²) in [5, 5.41) is 0. The summed E-state index contributed by atoms with van der Waals surface area (Å²) in [6.07, 6.45) is 1.56. The number of aromatic nitrogens is 1. The average molecular weight is 389 g/mol. The van der Waals surface area contributed by atoms with Gasteiger partial charge in [0.15, 0.2) is 0 Å². The molecule has 2 aromatic carbocycles. The van der Waals surface area contributed by atoms with Gasteiger partial charge < -0.3 is 0 Å². The van der Waals surface area contributed by atoms with Crippen LogP contribution in [0.25, 0.3) is 10.2 Å². The monoisotopic (exact) mass is 388 g/mol. The molecule has 5 nitrogen and oxygen atoms in total. The molecule has 1 aliphatic rings. The van der Waals surface area contributed by atoms with E-state index >= 15 is 0 Å². The molecular formula is C19H20N2O3S2. The van der Waals surface area contributed by atoms with E-state index in [1.807, 2.05) is 38.1 Å². The Labute approximate surface area is 156 Å². The summed E-state index contributed by atoms with van der Waals surface area (Å²) in [4.78, 5) is 12.4. The number of thiazole rings is 1. The summed E-state index contributed by atoms with van der Waals surface area (Å²) < 4.78 is 30.6. The number of anilines is 1. The molecule has 2 heterocycles. The zero-order valence-corrected chi connectivity index (χ0v) is 16.3. The zero-order chi connectivity index (χ0) is 18.5. The molecule has 0 bridgehead atoms. The summed E-state index contributed by atoms with van der Waals surface area (Å²) in [5.41, 5.74) is 2.59. The van der Waals surface area contributed by atoms with Gasteiger partial charge in [-0.05, 0) is 49.6 Å². The Kier molecular flexibility index (Phi) is 4.16. The van der Waals surface area contributed by atoms with Gasteiger partial charge in [-0.15, -0.1) is 0 Å². The minimum absolute atomic E-state index is 0.0451. The van der Waals surface area contributed by atoms with Crippen LogP contribution in [0.5, 0.6) is 0 Å². The lowest BCUT2D eigenvalue weighted by atomic mass is 10.1. The Morgan fingerprint density at radius 3 is 2.73 bits per heavy atom. The minimum Gasteiger partial charge on any atom is -0.299 e. The van der Waals surface area contributed by atoms with Crippen LogP contribution in [0, 0.1) is 0 Å². The van der Waals surface area contributed by atoms with Gasteiger partial charge in [-0.3, -0.25) is 13.7 Å². The van der Waals surface area contributed by atoms with Crippen LogP contribution >= 0.6 is 11.3 Å². The number of sulfonamides is 1. The molecule has 0 spiro atoms. The lowest BCUT2D eigenvalue weighted by Crippen LogP contribution is -2.35. The molecule has 1 atom stereocenters. The third-order valence-corrected chi connectivity index (χ3v) is 7.65. The normalized spacial score (nSPS) is 17.0. The third kappa shape index (κ3) is 2.57. The van der Waals surface area contributed by atoms with Crippen LogP contribution in [0.4, 0.5) is 5.69 Å². The molecule has 0 amide bonds. The fourth-order valence-corrected chi connectivity index (χ4v) is 6.41. The van der Waals surface area contributed by atoms with Gasteiger partial charge in [-0.2, -0.15) is 0 Å². The number of benzene rings is 2. The van der Waals surface area contributed by atoms with Crippen LogP contribution in [0.1, 0.15) is 25.8 Å². The predicted octanol–water partition coefficient (Wildman–Crippen LogP) is 3.61. The molecule has 0 aliphatic carbocycles. The summed E-state index contributed by atoms with van der Waals surface area (Å²) >= 11 is 1.10. The van der Waals surface area contributed by atoms with E-state index in [0.717, 1.165) is 34.5 Å². The lowest BCUT2D eigenvalue weighted by Gasteiger charge is -2.24. The van der Waals surface area contributed by atoms with Crippen LogP contribution in [-0.4, -0.2) is 19.0 Å². The summed E-state index contributed by atoms with van der Waals surface area (Å²) in [7, 11) is -3.68. The van der Waals surface area contributed by atoms with Crippen LogP contribution in [0.15, 0.2) is 52.2 Å². The molecule has 1 aromatic heterocycles. The summed E-state index contributed by atoms with van der Waals surface area (Å²) in [6.45, 7) is 4.58. The Bertz CT molecular complexity index is 1150. The smallest absolute Gasteiger partial charge is 0.299 e. The first-order valence-electron chi connectivity index (χ1n) is 8.69. The largest absolute Gasteiger partial charge is 0.308 e. The predicted molar refractivity (Wildman–Crippen MR) is 106 cm³/mol. The van der Waals surface area contributed by atoms with Crippen molar-refractivity contribution in [3.8, 4) is 0 Å². The Morgan fingerprint density at radius 1 is 1.19 bits per heavy atom. The summed E-state index contributed by atoms with van der Waals surface area (Å²) in [5.74, 6) is 0. The molecule has 136 valence electrons. The van der Waals surface area contributed by atoms with Crippen LogP contribution in [-0.2, 0) is 23.0 Å². The topological polar surface area (TPSA) is 59.4 Å². The van der Waals surface area contributed by atoms with Crippen molar-refractivity contribution in [2.45, 2.75) is 44.2 Å². The molecule has 0 unspecified atom stereocenters. The molecular weight excluding hydrogens is 368 g/mol. The van der Waals surface area contributed by atoms with Crippen molar-refractivity contribution in [3.63, 3.8) is 0 Å². The van der Waals surface area contributed by atoms with E-state index in [-0.39, 0.29) is 15.8 Å². The van der Waals surface area contributed by atoms with Crippen molar-refractivity contribution in [1.82, 2.24) is 4.57 Å². The zero-order valence-electron chi connectivity index (χ0n) is 14.7. The molecule has 0 fully saturated rings. The highest BCUT2D eigenvalue weighted by Crippen LogP contribution is 2.37. The highest BCUT2D eigenvalue weighted by atomic mass is 32.2. The van der Waals surface area contributed by atoms with Gasteiger partial charge in [-0.1, -0.05) is 36.5 Å². The molecule has 1 aliphatic heterocycles.